The van der Waals surface area contributed by atoms with Gasteiger partial charge in [-0.15, -0.1) is 0 Å². The van der Waals surface area contributed by atoms with Crippen molar-refractivity contribution in [3.05, 3.63) is 23.8 Å². The van der Waals surface area contributed by atoms with Gasteiger partial charge < -0.3 is 19.5 Å². The molecule has 1 rings (SSSR count). The summed E-state index contributed by atoms with van der Waals surface area (Å²) in [6, 6.07) is 3.55. The van der Waals surface area contributed by atoms with Gasteiger partial charge in [0.15, 0.2) is 11.5 Å². The second-order valence-electron chi connectivity index (χ2n) is 7.55. The number of carbonyl (C=O) groups excluding carboxylic acids is 1. The van der Waals surface area contributed by atoms with E-state index in [0.717, 1.165) is 56.9 Å². The third-order valence-corrected chi connectivity index (χ3v) is 5.80. The van der Waals surface area contributed by atoms with Gasteiger partial charge in [-0.05, 0) is 36.6 Å². The highest BCUT2D eigenvalue weighted by molar-refractivity contribution is 7.85. The lowest BCUT2D eigenvalue weighted by Crippen LogP contribution is -2.21. The first-order valence-corrected chi connectivity index (χ1v) is 12.6. The molecule has 0 unspecified atom stereocenters. The van der Waals surface area contributed by atoms with Crippen LogP contribution in [-0.2, 0) is 14.9 Å². The smallest absolute Gasteiger partial charge is 0.264 e. The Labute approximate surface area is 192 Å². The highest BCUT2D eigenvalue weighted by Crippen LogP contribution is 2.38. The molecule has 0 radical (unpaired) electrons. The number of carbonyl (C=O) groups is 1. The van der Waals surface area contributed by atoms with Gasteiger partial charge in [0, 0.05) is 12.6 Å². The Bertz CT molecular complexity index is 797. The molecule has 0 heterocycles. The minimum absolute atomic E-state index is 0.142. The molecule has 0 saturated carbocycles. The van der Waals surface area contributed by atoms with Crippen LogP contribution in [0.3, 0.4) is 0 Å². The first-order chi connectivity index (χ1) is 15.3. The van der Waals surface area contributed by atoms with E-state index in [1.165, 1.54) is 6.08 Å². The van der Waals surface area contributed by atoms with Crippen molar-refractivity contribution in [3.63, 3.8) is 0 Å². The van der Waals surface area contributed by atoms with Crippen molar-refractivity contribution >= 4 is 22.1 Å². The standard InChI is InChI=1S/C23H37NO7S/c1-29-20-17-19(18-21(30-2)23(20)31-3)13-14-22(25)24-15-11-9-7-5-4-6-8-10-12-16-32(26,27)28/h13-14,17-18H,4-12,15-16H2,1-3H3,(H,24,25)(H,26,27,28)/b14-13+. The number of benzene rings is 1. The monoisotopic (exact) mass is 471 g/mol. The number of hydrogen-bond donors (Lipinski definition) is 2. The average Bonchev–Trinajstić information content (AvgIpc) is 2.76. The highest BCUT2D eigenvalue weighted by Gasteiger charge is 2.12. The van der Waals surface area contributed by atoms with Crippen LogP contribution in [0.5, 0.6) is 17.2 Å². The van der Waals surface area contributed by atoms with Gasteiger partial charge in [-0.2, -0.15) is 8.42 Å². The highest BCUT2D eigenvalue weighted by atomic mass is 32.2. The summed E-state index contributed by atoms with van der Waals surface area (Å²) in [6.45, 7) is 0.633. The van der Waals surface area contributed by atoms with Crippen LogP contribution in [0.15, 0.2) is 18.2 Å². The molecule has 32 heavy (non-hydrogen) atoms. The van der Waals surface area contributed by atoms with Crippen LogP contribution in [0.2, 0.25) is 0 Å². The van der Waals surface area contributed by atoms with Gasteiger partial charge in [0.25, 0.3) is 10.1 Å². The van der Waals surface area contributed by atoms with E-state index in [9.17, 15) is 13.2 Å². The Hall–Kier alpha value is -2.26. The predicted octanol–water partition coefficient (Wildman–Crippen LogP) is 4.24. The quantitative estimate of drug-likeness (QED) is 0.199. The molecular weight excluding hydrogens is 434 g/mol. The molecule has 0 aromatic heterocycles. The van der Waals surface area contributed by atoms with Crippen molar-refractivity contribution in [2.75, 3.05) is 33.6 Å². The molecule has 1 aromatic carbocycles. The summed E-state index contributed by atoms with van der Waals surface area (Å²) in [5.41, 5.74) is 0.771. The fourth-order valence-corrected chi connectivity index (χ4v) is 3.86. The predicted molar refractivity (Wildman–Crippen MR) is 126 cm³/mol. The molecular formula is C23H37NO7S. The minimum Gasteiger partial charge on any atom is -0.493 e. The molecule has 9 heteroatoms. The molecule has 0 bridgehead atoms. The lowest BCUT2D eigenvalue weighted by molar-refractivity contribution is -0.116. The maximum absolute atomic E-state index is 12.0. The summed E-state index contributed by atoms with van der Waals surface area (Å²) in [5, 5.41) is 2.89. The summed E-state index contributed by atoms with van der Waals surface area (Å²) < 4.78 is 45.8. The molecule has 0 atom stereocenters. The van der Waals surface area contributed by atoms with Gasteiger partial charge in [-0.1, -0.05) is 44.9 Å². The summed E-state index contributed by atoms with van der Waals surface area (Å²) in [5.74, 6) is 1.28. The Balaban J connectivity index is 2.17. The second kappa shape index (κ2) is 15.5. The van der Waals surface area contributed by atoms with Crippen molar-refractivity contribution in [2.45, 2.75) is 57.8 Å². The summed E-state index contributed by atoms with van der Waals surface area (Å²) in [4.78, 5) is 12.0. The van der Waals surface area contributed by atoms with Crippen LogP contribution in [0.1, 0.15) is 63.4 Å². The van der Waals surface area contributed by atoms with E-state index in [2.05, 4.69) is 5.32 Å². The van der Waals surface area contributed by atoms with E-state index in [1.54, 1.807) is 39.5 Å². The molecule has 0 spiro atoms. The first-order valence-electron chi connectivity index (χ1n) is 11.0. The molecule has 1 amide bonds. The molecule has 8 nitrogen and oxygen atoms in total. The van der Waals surface area contributed by atoms with Gasteiger partial charge in [0.2, 0.25) is 11.7 Å². The number of amides is 1. The van der Waals surface area contributed by atoms with Crippen LogP contribution in [0, 0.1) is 0 Å². The molecule has 0 aliphatic carbocycles. The van der Waals surface area contributed by atoms with Gasteiger partial charge in [-0.25, -0.2) is 0 Å². The third-order valence-electron chi connectivity index (χ3n) is 4.99. The van der Waals surface area contributed by atoms with Gasteiger partial charge in [0.1, 0.15) is 0 Å². The molecule has 0 saturated heterocycles. The molecule has 182 valence electrons. The Morgan fingerprint density at radius 2 is 1.38 bits per heavy atom. The number of rotatable bonds is 17. The van der Waals surface area contributed by atoms with Crippen LogP contribution in [0.4, 0.5) is 0 Å². The van der Waals surface area contributed by atoms with Gasteiger partial charge >= 0.3 is 0 Å². The Morgan fingerprint density at radius 3 is 1.84 bits per heavy atom. The van der Waals surface area contributed by atoms with Gasteiger partial charge in [-0.3, -0.25) is 9.35 Å². The third kappa shape index (κ3) is 12.0. The maximum atomic E-state index is 12.0. The number of nitrogens with one attached hydrogen (secondary N) is 1. The van der Waals surface area contributed by atoms with E-state index in [1.807, 2.05) is 0 Å². The van der Waals surface area contributed by atoms with Gasteiger partial charge in [0.05, 0.1) is 27.1 Å². The van der Waals surface area contributed by atoms with Crippen LogP contribution < -0.4 is 19.5 Å². The average molecular weight is 472 g/mol. The molecule has 0 fully saturated rings. The molecule has 1 aromatic rings. The topological polar surface area (TPSA) is 111 Å². The van der Waals surface area contributed by atoms with Crippen LogP contribution in [-0.4, -0.2) is 52.5 Å². The lowest BCUT2D eigenvalue weighted by Gasteiger charge is -2.12. The minimum atomic E-state index is -3.82. The number of ether oxygens (including phenoxy) is 3. The van der Waals surface area contributed by atoms with Crippen molar-refractivity contribution in [2.24, 2.45) is 0 Å². The number of hydrogen-bond acceptors (Lipinski definition) is 6. The summed E-state index contributed by atoms with van der Waals surface area (Å²) >= 11 is 0. The molecule has 2 N–H and O–H groups in total. The zero-order valence-electron chi connectivity index (χ0n) is 19.4. The molecule has 0 aliphatic rings. The van der Waals surface area contributed by atoms with Crippen LogP contribution >= 0.6 is 0 Å². The van der Waals surface area contributed by atoms with Crippen molar-refractivity contribution < 1.29 is 32.0 Å². The zero-order chi connectivity index (χ0) is 23.8. The first kappa shape index (κ1) is 27.8. The van der Waals surface area contributed by atoms with E-state index in [-0.39, 0.29) is 11.7 Å². The largest absolute Gasteiger partial charge is 0.493 e. The Kier molecular flexibility index (Phi) is 13.5. The summed E-state index contributed by atoms with van der Waals surface area (Å²) in [7, 11) is 0.820. The summed E-state index contributed by atoms with van der Waals surface area (Å²) in [6.07, 6.45) is 12.0. The Morgan fingerprint density at radius 1 is 0.875 bits per heavy atom. The van der Waals surface area contributed by atoms with Crippen molar-refractivity contribution in [3.8, 4) is 17.2 Å². The van der Waals surface area contributed by atoms with E-state index < -0.39 is 10.1 Å². The zero-order valence-corrected chi connectivity index (χ0v) is 20.2. The lowest BCUT2D eigenvalue weighted by atomic mass is 10.1. The SMILES string of the molecule is COc1cc(/C=C/C(=O)NCCCCCCCCCCCS(=O)(=O)O)cc(OC)c1OC. The normalized spacial score (nSPS) is 11.5. The van der Waals surface area contributed by atoms with E-state index in [4.69, 9.17) is 18.8 Å². The number of unbranched alkanes of at least 4 members (excludes halogenated alkanes) is 8. The molecule has 0 aliphatic heterocycles. The van der Waals surface area contributed by atoms with E-state index >= 15 is 0 Å². The number of methoxy groups -OCH3 is 3. The fraction of sp³-hybridized carbons (Fsp3) is 0.609. The van der Waals surface area contributed by atoms with Crippen molar-refractivity contribution in [1.82, 2.24) is 5.32 Å². The van der Waals surface area contributed by atoms with Crippen LogP contribution in [0.25, 0.3) is 6.08 Å². The fourth-order valence-electron chi connectivity index (χ4n) is 3.29. The second-order valence-corrected chi connectivity index (χ2v) is 9.12. The maximum Gasteiger partial charge on any atom is 0.264 e. The van der Waals surface area contributed by atoms with E-state index in [0.29, 0.717) is 30.2 Å². The van der Waals surface area contributed by atoms with Crippen molar-refractivity contribution in [1.29, 1.82) is 0 Å².